The highest BCUT2D eigenvalue weighted by atomic mass is 19.1. The highest BCUT2D eigenvalue weighted by Crippen LogP contribution is 2.25. The van der Waals surface area contributed by atoms with Crippen molar-refractivity contribution in [3.8, 4) is 0 Å². The molecule has 1 saturated heterocycles. The van der Waals surface area contributed by atoms with Gasteiger partial charge in [0.2, 0.25) is 5.82 Å². The molecule has 0 aliphatic carbocycles. The van der Waals surface area contributed by atoms with Crippen molar-refractivity contribution >= 4 is 11.6 Å². The van der Waals surface area contributed by atoms with Crippen LogP contribution in [0.2, 0.25) is 0 Å². The highest BCUT2D eigenvalue weighted by Gasteiger charge is 2.36. The quantitative estimate of drug-likeness (QED) is 0.890. The topological polar surface area (TPSA) is 67.4 Å². The number of amides is 1. The summed E-state index contributed by atoms with van der Waals surface area (Å²) in [5.41, 5.74) is 1.31. The first-order valence-electron chi connectivity index (χ1n) is 8.71. The van der Waals surface area contributed by atoms with Gasteiger partial charge in [-0.05, 0) is 30.9 Å². The summed E-state index contributed by atoms with van der Waals surface area (Å²) in [7, 11) is 3.39. The Bertz CT molecular complexity index is 753. The third-order valence-electron chi connectivity index (χ3n) is 4.80. The number of hydrogen-bond acceptors (Lipinski definition) is 5. The molecule has 2 atom stereocenters. The van der Waals surface area contributed by atoms with Gasteiger partial charge in [0.15, 0.2) is 0 Å². The second-order valence-corrected chi connectivity index (χ2v) is 6.32. The lowest BCUT2D eigenvalue weighted by Crippen LogP contribution is -2.53. The van der Waals surface area contributed by atoms with Crippen LogP contribution in [-0.2, 0) is 11.2 Å². The number of rotatable bonds is 5. The SMILES string of the molecule is CNc1cnc(C(=O)N2CCC[C@H](OC)[C@@H]2Cc2ccccc2F)nc1. The summed E-state index contributed by atoms with van der Waals surface area (Å²) in [6.45, 7) is 0.578. The number of methoxy groups -OCH3 is 1. The lowest BCUT2D eigenvalue weighted by Gasteiger charge is -2.40. The van der Waals surface area contributed by atoms with Crippen LogP contribution in [0.1, 0.15) is 29.0 Å². The van der Waals surface area contributed by atoms with Crippen LogP contribution < -0.4 is 5.32 Å². The smallest absolute Gasteiger partial charge is 0.292 e. The van der Waals surface area contributed by atoms with Crippen molar-refractivity contribution in [3.05, 3.63) is 53.9 Å². The molecule has 2 aromatic rings. The van der Waals surface area contributed by atoms with E-state index in [1.165, 1.54) is 6.07 Å². The van der Waals surface area contributed by atoms with Crippen molar-refractivity contribution in [2.75, 3.05) is 26.0 Å². The van der Waals surface area contributed by atoms with Gasteiger partial charge in [-0.25, -0.2) is 14.4 Å². The molecule has 6 nitrogen and oxygen atoms in total. The van der Waals surface area contributed by atoms with E-state index in [2.05, 4.69) is 15.3 Å². The van der Waals surface area contributed by atoms with Crippen LogP contribution in [0.25, 0.3) is 0 Å². The molecule has 1 N–H and O–H groups in total. The molecule has 1 aromatic carbocycles. The molecule has 1 fully saturated rings. The van der Waals surface area contributed by atoms with Crippen LogP contribution in [0.4, 0.5) is 10.1 Å². The Morgan fingerprint density at radius 2 is 2.08 bits per heavy atom. The Morgan fingerprint density at radius 3 is 2.73 bits per heavy atom. The van der Waals surface area contributed by atoms with Crippen LogP contribution in [-0.4, -0.2) is 53.6 Å². The maximum atomic E-state index is 14.1. The fourth-order valence-corrected chi connectivity index (χ4v) is 3.38. The Balaban J connectivity index is 1.86. The molecule has 0 unspecified atom stereocenters. The van der Waals surface area contributed by atoms with Crippen molar-refractivity contribution in [1.29, 1.82) is 0 Å². The first kappa shape index (κ1) is 18.3. The Morgan fingerprint density at radius 1 is 1.35 bits per heavy atom. The number of halogens is 1. The summed E-state index contributed by atoms with van der Waals surface area (Å²) >= 11 is 0. The Labute approximate surface area is 152 Å². The zero-order valence-corrected chi connectivity index (χ0v) is 15.0. The van der Waals surface area contributed by atoms with Gasteiger partial charge >= 0.3 is 0 Å². The highest BCUT2D eigenvalue weighted by molar-refractivity contribution is 5.91. The molecular formula is C19H23FN4O2. The maximum Gasteiger partial charge on any atom is 0.292 e. The zero-order valence-electron chi connectivity index (χ0n) is 15.0. The second-order valence-electron chi connectivity index (χ2n) is 6.32. The average Bonchev–Trinajstić information content (AvgIpc) is 2.69. The number of aromatic nitrogens is 2. The number of nitrogens with one attached hydrogen (secondary N) is 1. The predicted octanol–water partition coefficient (Wildman–Crippen LogP) is 2.52. The Kier molecular flexibility index (Phi) is 5.78. The number of anilines is 1. The van der Waals surface area contributed by atoms with Gasteiger partial charge in [-0.3, -0.25) is 4.79 Å². The third kappa shape index (κ3) is 3.83. The van der Waals surface area contributed by atoms with Crippen molar-refractivity contribution in [2.45, 2.75) is 31.4 Å². The fraction of sp³-hybridized carbons (Fsp3) is 0.421. The monoisotopic (exact) mass is 358 g/mol. The van der Waals surface area contributed by atoms with E-state index in [0.29, 0.717) is 18.5 Å². The summed E-state index contributed by atoms with van der Waals surface area (Å²) in [6, 6.07) is 6.39. The summed E-state index contributed by atoms with van der Waals surface area (Å²) < 4.78 is 19.7. The van der Waals surface area contributed by atoms with Gasteiger partial charge in [-0.1, -0.05) is 18.2 Å². The summed E-state index contributed by atoms with van der Waals surface area (Å²) in [5, 5.41) is 2.92. The number of carbonyl (C=O) groups excluding carboxylic acids is 1. The predicted molar refractivity (Wildman–Crippen MR) is 96.5 cm³/mol. The van der Waals surface area contributed by atoms with Gasteiger partial charge in [0.25, 0.3) is 5.91 Å². The van der Waals surface area contributed by atoms with Gasteiger partial charge in [0.1, 0.15) is 5.82 Å². The molecule has 1 aromatic heterocycles. The minimum absolute atomic E-state index is 0.138. The number of hydrogen-bond donors (Lipinski definition) is 1. The fourth-order valence-electron chi connectivity index (χ4n) is 3.38. The molecule has 0 spiro atoms. The molecule has 0 saturated carbocycles. The van der Waals surface area contributed by atoms with Crippen LogP contribution in [0.5, 0.6) is 0 Å². The number of nitrogens with zero attached hydrogens (tertiary/aromatic N) is 3. The second kappa shape index (κ2) is 8.23. The number of likely N-dealkylation sites (tertiary alicyclic amines) is 1. The number of ether oxygens (including phenoxy) is 1. The molecular weight excluding hydrogens is 335 g/mol. The molecule has 0 radical (unpaired) electrons. The van der Waals surface area contributed by atoms with E-state index in [1.807, 2.05) is 0 Å². The van der Waals surface area contributed by atoms with E-state index in [4.69, 9.17) is 4.74 Å². The van der Waals surface area contributed by atoms with Gasteiger partial charge in [0.05, 0.1) is 30.2 Å². The van der Waals surface area contributed by atoms with Crippen molar-refractivity contribution < 1.29 is 13.9 Å². The van der Waals surface area contributed by atoms with Gasteiger partial charge in [0, 0.05) is 20.7 Å². The number of carbonyl (C=O) groups is 1. The normalized spacial score (nSPS) is 20.0. The van der Waals surface area contributed by atoms with E-state index in [-0.39, 0.29) is 29.7 Å². The number of piperidine rings is 1. The molecule has 2 heterocycles. The standard InChI is InChI=1S/C19H23FN4O2/c1-21-14-11-22-18(23-12-14)19(25)24-9-5-8-17(26-2)16(24)10-13-6-3-4-7-15(13)20/h3-4,6-7,11-12,16-17,21H,5,8-10H2,1-2H3/t16-,17-/m0/s1. The zero-order chi connectivity index (χ0) is 18.5. The molecule has 138 valence electrons. The van der Waals surface area contributed by atoms with E-state index >= 15 is 0 Å². The first-order chi connectivity index (χ1) is 12.6. The minimum atomic E-state index is -0.269. The van der Waals surface area contributed by atoms with E-state index in [1.54, 1.807) is 49.7 Å². The largest absolute Gasteiger partial charge is 0.386 e. The van der Waals surface area contributed by atoms with Gasteiger partial charge in [-0.15, -0.1) is 0 Å². The summed E-state index contributed by atoms with van der Waals surface area (Å²) in [6.07, 6.45) is 5.05. The molecule has 1 aliphatic heterocycles. The lowest BCUT2D eigenvalue weighted by atomic mass is 9.92. The van der Waals surface area contributed by atoms with Crippen LogP contribution in [0, 0.1) is 5.82 Å². The molecule has 7 heteroatoms. The lowest BCUT2D eigenvalue weighted by molar-refractivity contribution is -0.0124. The van der Waals surface area contributed by atoms with Crippen molar-refractivity contribution in [1.82, 2.24) is 14.9 Å². The molecule has 26 heavy (non-hydrogen) atoms. The van der Waals surface area contributed by atoms with E-state index in [9.17, 15) is 9.18 Å². The summed E-state index contributed by atoms with van der Waals surface area (Å²) in [4.78, 5) is 23.0. The molecule has 0 bridgehead atoms. The van der Waals surface area contributed by atoms with E-state index in [0.717, 1.165) is 18.5 Å². The van der Waals surface area contributed by atoms with Crippen LogP contribution in [0.3, 0.4) is 0 Å². The summed E-state index contributed by atoms with van der Waals surface area (Å²) in [5.74, 6) is -0.384. The minimum Gasteiger partial charge on any atom is -0.386 e. The molecule has 1 aliphatic rings. The van der Waals surface area contributed by atoms with Crippen LogP contribution >= 0.6 is 0 Å². The Hall–Kier alpha value is -2.54. The van der Waals surface area contributed by atoms with E-state index < -0.39 is 0 Å². The number of benzene rings is 1. The van der Waals surface area contributed by atoms with Crippen molar-refractivity contribution in [3.63, 3.8) is 0 Å². The molecule has 1 amide bonds. The first-order valence-corrected chi connectivity index (χ1v) is 8.71. The third-order valence-corrected chi connectivity index (χ3v) is 4.80. The van der Waals surface area contributed by atoms with Gasteiger partial charge < -0.3 is 15.0 Å². The average molecular weight is 358 g/mol. The maximum absolute atomic E-state index is 14.1. The van der Waals surface area contributed by atoms with Gasteiger partial charge in [-0.2, -0.15) is 0 Å². The molecule has 3 rings (SSSR count). The van der Waals surface area contributed by atoms with Crippen LogP contribution in [0.15, 0.2) is 36.7 Å². The van der Waals surface area contributed by atoms with Crippen molar-refractivity contribution in [2.24, 2.45) is 0 Å².